The third kappa shape index (κ3) is 57.5. The van der Waals surface area contributed by atoms with Crippen molar-refractivity contribution in [1.29, 1.82) is 0 Å². The zero-order valence-electron chi connectivity index (χ0n) is 47.4. The molecule has 0 aromatic rings. The van der Waals surface area contributed by atoms with Gasteiger partial charge < -0.3 is 14.2 Å². The van der Waals surface area contributed by atoms with Crippen LogP contribution >= 0.6 is 0 Å². The molecule has 6 nitrogen and oxygen atoms in total. The van der Waals surface area contributed by atoms with Gasteiger partial charge in [0.1, 0.15) is 13.2 Å². The number of hydrogen-bond acceptors (Lipinski definition) is 6. The van der Waals surface area contributed by atoms with Gasteiger partial charge in [0.2, 0.25) is 0 Å². The average Bonchev–Trinajstić information content (AvgIpc) is 3.38. The fourth-order valence-electron chi connectivity index (χ4n) is 8.56. The Hall–Kier alpha value is -3.41. The zero-order valence-corrected chi connectivity index (χ0v) is 47.4. The van der Waals surface area contributed by atoms with Crippen LogP contribution in [0.1, 0.15) is 297 Å². The van der Waals surface area contributed by atoms with Gasteiger partial charge in [-0.25, -0.2) is 0 Å². The van der Waals surface area contributed by atoms with E-state index >= 15 is 0 Å². The number of carbonyl (C=O) groups is 3. The van der Waals surface area contributed by atoms with Crippen molar-refractivity contribution in [1.82, 2.24) is 0 Å². The van der Waals surface area contributed by atoms with Gasteiger partial charge in [0.15, 0.2) is 6.10 Å². The van der Waals surface area contributed by atoms with Crippen LogP contribution in [-0.2, 0) is 28.6 Å². The fourth-order valence-corrected chi connectivity index (χ4v) is 8.56. The molecule has 0 amide bonds. The maximum Gasteiger partial charge on any atom is 0.306 e. The van der Waals surface area contributed by atoms with Crippen molar-refractivity contribution in [3.8, 4) is 0 Å². The van der Waals surface area contributed by atoms with Gasteiger partial charge in [0.05, 0.1) is 0 Å². The van der Waals surface area contributed by atoms with Gasteiger partial charge in [0, 0.05) is 19.3 Å². The number of hydrogen-bond donors (Lipinski definition) is 0. The second-order valence-electron chi connectivity index (χ2n) is 20.2. The second kappa shape index (κ2) is 60.1. The highest BCUT2D eigenvalue weighted by Gasteiger charge is 2.19. The molecule has 0 aliphatic heterocycles. The average molecular weight is 1000 g/mol. The van der Waals surface area contributed by atoms with E-state index in [2.05, 4.69) is 106 Å². The number of rotatable bonds is 55. The maximum absolute atomic E-state index is 12.9. The molecule has 414 valence electrons. The smallest absolute Gasteiger partial charge is 0.306 e. The van der Waals surface area contributed by atoms with Crippen LogP contribution in [0.4, 0.5) is 0 Å². The van der Waals surface area contributed by atoms with E-state index in [1.165, 1.54) is 154 Å². The molecule has 0 saturated carbocycles. The van der Waals surface area contributed by atoms with Crippen LogP contribution in [-0.4, -0.2) is 37.2 Å². The van der Waals surface area contributed by atoms with Crippen molar-refractivity contribution in [2.75, 3.05) is 13.2 Å². The molecule has 0 radical (unpaired) electrons. The molecule has 0 heterocycles. The van der Waals surface area contributed by atoms with Gasteiger partial charge in [-0.15, -0.1) is 0 Å². The Morgan fingerprint density at radius 3 is 0.861 bits per heavy atom. The Bertz CT molecular complexity index is 1380. The van der Waals surface area contributed by atoms with E-state index in [0.29, 0.717) is 19.3 Å². The summed E-state index contributed by atoms with van der Waals surface area (Å²) in [7, 11) is 0. The van der Waals surface area contributed by atoms with E-state index in [0.717, 1.165) is 103 Å². The van der Waals surface area contributed by atoms with Crippen molar-refractivity contribution in [3.05, 3.63) is 85.1 Å². The molecule has 0 rings (SSSR count). The lowest BCUT2D eigenvalue weighted by Crippen LogP contribution is -2.30. The van der Waals surface area contributed by atoms with Crippen molar-refractivity contribution in [2.45, 2.75) is 303 Å². The van der Waals surface area contributed by atoms with E-state index in [1.807, 2.05) is 0 Å². The SMILES string of the molecule is CC/C=C\C/C=C\C/C=C\C/C=C\C/C=C\CCCCCC(=O)OC(COC(=O)CCCCCCCCCCCC)COC(=O)CCCCCCCCCCCCCCC/C=C\C/C=C\CCCCCCC. The number of allylic oxidation sites excluding steroid dienone is 14. The van der Waals surface area contributed by atoms with Crippen LogP contribution < -0.4 is 0 Å². The minimum atomic E-state index is -0.793. The molecular weight excluding hydrogens is 889 g/mol. The third-order valence-corrected chi connectivity index (χ3v) is 13.1. The molecule has 1 unspecified atom stereocenters. The lowest BCUT2D eigenvalue weighted by atomic mass is 10.0. The lowest BCUT2D eigenvalue weighted by molar-refractivity contribution is -0.167. The third-order valence-electron chi connectivity index (χ3n) is 13.1. The molecular formula is C66H114O6. The molecule has 0 aliphatic carbocycles. The normalized spacial score (nSPS) is 12.7. The first-order valence-corrected chi connectivity index (χ1v) is 30.6. The summed E-state index contributed by atoms with van der Waals surface area (Å²) < 4.78 is 16.8. The highest BCUT2D eigenvalue weighted by atomic mass is 16.6. The zero-order chi connectivity index (χ0) is 52.2. The quantitative estimate of drug-likeness (QED) is 0.0261. The van der Waals surface area contributed by atoms with E-state index in [-0.39, 0.29) is 31.1 Å². The number of unbranched alkanes of at least 4 members (excludes halogenated alkanes) is 30. The minimum absolute atomic E-state index is 0.0880. The highest BCUT2D eigenvalue weighted by Crippen LogP contribution is 2.16. The second-order valence-corrected chi connectivity index (χ2v) is 20.2. The van der Waals surface area contributed by atoms with Gasteiger partial charge in [-0.2, -0.15) is 0 Å². The number of esters is 3. The van der Waals surface area contributed by atoms with E-state index < -0.39 is 6.10 Å². The van der Waals surface area contributed by atoms with E-state index in [1.54, 1.807) is 0 Å². The predicted molar refractivity (Wildman–Crippen MR) is 311 cm³/mol. The van der Waals surface area contributed by atoms with Crippen molar-refractivity contribution >= 4 is 17.9 Å². The Balaban J connectivity index is 4.29. The molecule has 0 aromatic carbocycles. The van der Waals surface area contributed by atoms with Crippen LogP contribution in [0.15, 0.2) is 85.1 Å². The lowest BCUT2D eigenvalue weighted by Gasteiger charge is -2.18. The summed E-state index contributed by atoms with van der Waals surface area (Å²) in [4.78, 5) is 38.1. The molecule has 0 saturated heterocycles. The van der Waals surface area contributed by atoms with E-state index in [4.69, 9.17) is 14.2 Å². The molecule has 6 heteroatoms. The van der Waals surface area contributed by atoms with Gasteiger partial charge in [-0.1, -0.05) is 266 Å². The Morgan fingerprint density at radius 2 is 0.542 bits per heavy atom. The summed E-state index contributed by atoms with van der Waals surface area (Å²) in [6, 6.07) is 0. The Morgan fingerprint density at radius 1 is 0.292 bits per heavy atom. The van der Waals surface area contributed by atoms with Gasteiger partial charge >= 0.3 is 17.9 Å². The first-order valence-electron chi connectivity index (χ1n) is 30.6. The van der Waals surface area contributed by atoms with Crippen molar-refractivity contribution in [3.63, 3.8) is 0 Å². The highest BCUT2D eigenvalue weighted by molar-refractivity contribution is 5.71. The molecule has 1 atom stereocenters. The van der Waals surface area contributed by atoms with Crippen LogP contribution in [0.2, 0.25) is 0 Å². The summed E-state index contributed by atoms with van der Waals surface area (Å²) in [6.45, 7) is 6.50. The van der Waals surface area contributed by atoms with Crippen LogP contribution in [0.3, 0.4) is 0 Å². The Kier molecular flexibility index (Phi) is 57.3. The largest absolute Gasteiger partial charge is 0.462 e. The fraction of sp³-hybridized carbons (Fsp3) is 0.742. The van der Waals surface area contributed by atoms with Crippen molar-refractivity contribution in [2.24, 2.45) is 0 Å². The van der Waals surface area contributed by atoms with Gasteiger partial charge in [-0.05, 0) is 96.3 Å². The molecule has 0 spiro atoms. The molecule has 0 bridgehead atoms. The summed E-state index contributed by atoms with van der Waals surface area (Å²) in [5, 5.41) is 0. The van der Waals surface area contributed by atoms with Gasteiger partial charge in [-0.3, -0.25) is 14.4 Å². The van der Waals surface area contributed by atoms with Gasteiger partial charge in [0.25, 0.3) is 0 Å². The molecule has 0 aromatic heterocycles. The monoisotopic (exact) mass is 1000 g/mol. The Labute approximate surface area is 445 Å². The molecule has 0 aliphatic rings. The molecule has 0 N–H and O–H groups in total. The summed E-state index contributed by atoms with van der Waals surface area (Å²) >= 11 is 0. The summed E-state index contributed by atoms with van der Waals surface area (Å²) in [6.07, 6.45) is 78.8. The van der Waals surface area contributed by atoms with Crippen LogP contribution in [0.5, 0.6) is 0 Å². The molecule has 72 heavy (non-hydrogen) atoms. The minimum Gasteiger partial charge on any atom is -0.462 e. The standard InChI is InChI=1S/C66H114O6/c1-4-7-10-13-16-19-22-24-26-28-30-31-32-33-34-35-37-38-40-42-44-47-50-53-56-59-65(68)71-62-63(61-70-64(67)58-55-52-49-46-21-18-15-12-9-6-3)72-66(69)60-57-54-51-48-45-43-41-39-36-29-27-25-23-20-17-14-11-8-5-2/h8,11,17,20,22,24-25,27-28,30,36,39,43,45,63H,4-7,9-10,12-16,18-19,21,23,26,29,31-35,37-38,40-42,44,46-62H2,1-3H3/b11-8-,20-17-,24-22-,27-25-,30-28-,39-36-,45-43-. The number of ether oxygens (including phenoxy) is 3. The van der Waals surface area contributed by atoms with Crippen LogP contribution in [0.25, 0.3) is 0 Å². The van der Waals surface area contributed by atoms with E-state index in [9.17, 15) is 14.4 Å². The van der Waals surface area contributed by atoms with Crippen molar-refractivity contribution < 1.29 is 28.6 Å². The predicted octanol–water partition coefficient (Wildman–Crippen LogP) is 20.7. The topological polar surface area (TPSA) is 78.9 Å². The first-order chi connectivity index (χ1) is 35.5. The first kappa shape index (κ1) is 68.6. The summed E-state index contributed by atoms with van der Waals surface area (Å²) in [5.74, 6) is -0.914. The maximum atomic E-state index is 12.9. The van der Waals surface area contributed by atoms with Crippen LogP contribution in [0, 0.1) is 0 Å². The summed E-state index contributed by atoms with van der Waals surface area (Å²) in [5.41, 5.74) is 0. The molecule has 0 fully saturated rings. The number of carbonyl (C=O) groups excluding carboxylic acids is 3.